The lowest BCUT2D eigenvalue weighted by Crippen LogP contribution is -2.35. The number of nitrogens with one attached hydrogen (secondary N) is 1. The fraction of sp³-hybridized carbons (Fsp3) is 0.533. The average Bonchev–Trinajstić information content (AvgIpc) is 2.43. The fourth-order valence-electron chi connectivity index (χ4n) is 2.70. The second kappa shape index (κ2) is 8.20. The number of nitrogens with two attached hydrogens (primary N) is 1. The zero-order chi connectivity index (χ0) is 14.5. The lowest BCUT2D eigenvalue weighted by Gasteiger charge is -2.28. The molecule has 2 unspecified atom stereocenters. The van der Waals surface area contributed by atoms with Crippen molar-refractivity contribution in [3.63, 3.8) is 0 Å². The molecule has 2 rings (SSSR count). The first-order valence-electron chi connectivity index (χ1n) is 6.99. The summed E-state index contributed by atoms with van der Waals surface area (Å²) in [6, 6.07) is 4.16. The number of carbonyl (C=O) groups is 1. The highest BCUT2D eigenvalue weighted by Crippen LogP contribution is 2.28. The third-order valence-corrected chi connectivity index (χ3v) is 3.85. The lowest BCUT2D eigenvalue weighted by molar-refractivity contribution is -0.117. The Morgan fingerprint density at radius 1 is 1.43 bits per heavy atom. The van der Waals surface area contributed by atoms with Gasteiger partial charge in [0.1, 0.15) is 11.6 Å². The van der Waals surface area contributed by atoms with Gasteiger partial charge in [0.15, 0.2) is 0 Å². The summed E-state index contributed by atoms with van der Waals surface area (Å²) in [5, 5.41) is 2.77. The van der Waals surface area contributed by atoms with Gasteiger partial charge in [0, 0.05) is 18.5 Å². The second-order valence-electron chi connectivity index (χ2n) is 5.31. The van der Waals surface area contributed by atoms with Crippen molar-refractivity contribution in [1.82, 2.24) is 0 Å². The van der Waals surface area contributed by atoms with Crippen molar-refractivity contribution in [3.8, 4) is 5.75 Å². The van der Waals surface area contributed by atoms with Gasteiger partial charge < -0.3 is 15.8 Å². The molecule has 0 saturated heterocycles. The Kier molecular flexibility index (Phi) is 6.92. The number of amides is 1. The first kappa shape index (κ1) is 17.7. The van der Waals surface area contributed by atoms with Crippen molar-refractivity contribution in [3.05, 3.63) is 24.0 Å². The summed E-state index contributed by atoms with van der Waals surface area (Å²) in [4.78, 5) is 12.1. The van der Waals surface area contributed by atoms with Crippen LogP contribution in [0.3, 0.4) is 0 Å². The van der Waals surface area contributed by atoms with Gasteiger partial charge in [-0.1, -0.05) is 12.8 Å². The number of methoxy groups -OCH3 is 1. The minimum atomic E-state index is -0.394. The van der Waals surface area contributed by atoms with Crippen LogP contribution >= 0.6 is 12.4 Å². The van der Waals surface area contributed by atoms with Crippen LogP contribution in [-0.2, 0) is 4.79 Å². The number of hydrogen-bond donors (Lipinski definition) is 2. The van der Waals surface area contributed by atoms with Crippen molar-refractivity contribution >= 4 is 24.0 Å². The SMILES string of the molecule is COc1cc(F)ccc1NC(=O)CC1CCCCC1N.Cl. The summed E-state index contributed by atoms with van der Waals surface area (Å²) < 4.78 is 18.1. The molecule has 1 aromatic carbocycles. The van der Waals surface area contributed by atoms with Gasteiger partial charge in [-0.05, 0) is 30.9 Å². The second-order valence-corrected chi connectivity index (χ2v) is 5.31. The van der Waals surface area contributed by atoms with Crippen molar-refractivity contribution < 1.29 is 13.9 Å². The van der Waals surface area contributed by atoms with Crippen LogP contribution in [0, 0.1) is 11.7 Å². The van der Waals surface area contributed by atoms with Gasteiger partial charge in [-0.25, -0.2) is 4.39 Å². The summed E-state index contributed by atoms with van der Waals surface area (Å²) in [7, 11) is 1.45. The molecule has 1 fully saturated rings. The van der Waals surface area contributed by atoms with Crippen LogP contribution in [0.4, 0.5) is 10.1 Å². The van der Waals surface area contributed by atoms with E-state index >= 15 is 0 Å². The maximum absolute atomic E-state index is 13.1. The molecular weight excluding hydrogens is 295 g/mol. The van der Waals surface area contributed by atoms with Crippen LogP contribution in [0.5, 0.6) is 5.75 Å². The van der Waals surface area contributed by atoms with Crippen LogP contribution in [0.1, 0.15) is 32.1 Å². The van der Waals surface area contributed by atoms with Crippen LogP contribution in [0.2, 0.25) is 0 Å². The maximum atomic E-state index is 13.1. The Hall–Kier alpha value is -1.33. The maximum Gasteiger partial charge on any atom is 0.224 e. The van der Waals surface area contributed by atoms with E-state index in [2.05, 4.69) is 5.32 Å². The fourth-order valence-corrected chi connectivity index (χ4v) is 2.70. The quantitative estimate of drug-likeness (QED) is 0.897. The molecule has 0 spiro atoms. The molecule has 0 aliphatic heterocycles. The van der Waals surface area contributed by atoms with E-state index in [-0.39, 0.29) is 30.3 Å². The van der Waals surface area contributed by atoms with E-state index in [1.807, 2.05) is 0 Å². The number of hydrogen-bond acceptors (Lipinski definition) is 3. The molecule has 1 amide bonds. The van der Waals surface area contributed by atoms with Gasteiger partial charge in [0.2, 0.25) is 5.91 Å². The molecule has 1 aliphatic carbocycles. The van der Waals surface area contributed by atoms with Gasteiger partial charge in [-0.2, -0.15) is 0 Å². The first-order valence-corrected chi connectivity index (χ1v) is 6.99. The van der Waals surface area contributed by atoms with Crippen molar-refractivity contribution in [2.75, 3.05) is 12.4 Å². The number of benzene rings is 1. The number of rotatable bonds is 4. The zero-order valence-electron chi connectivity index (χ0n) is 12.1. The molecule has 0 bridgehead atoms. The number of anilines is 1. The number of carbonyl (C=O) groups excluding carboxylic acids is 1. The lowest BCUT2D eigenvalue weighted by atomic mass is 9.83. The van der Waals surface area contributed by atoms with E-state index in [1.54, 1.807) is 0 Å². The standard InChI is InChI=1S/C15H21FN2O2.ClH/c1-20-14-9-11(16)6-7-13(14)18-15(19)8-10-4-2-3-5-12(10)17;/h6-7,9-10,12H,2-5,8,17H2,1H3,(H,18,19);1H. The topological polar surface area (TPSA) is 64.3 Å². The average molecular weight is 317 g/mol. The largest absolute Gasteiger partial charge is 0.494 e. The summed E-state index contributed by atoms with van der Waals surface area (Å²) in [6.45, 7) is 0. The summed E-state index contributed by atoms with van der Waals surface area (Å²) in [5.74, 6) is 0.0629. The van der Waals surface area contributed by atoms with Gasteiger partial charge in [-0.15, -0.1) is 12.4 Å². The molecule has 0 radical (unpaired) electrons. The van der Waals surface area contributed by atoms with Crippen LogP contribution < -0.4 is 15.8 Å². The molecule has 1 aliphatic rings. The number of halogens is 2. The van der Waals surface area contributed by atoms with Crippen molar-refractivity contribution in [2.24, 2.45) is 11.7 Å². The number of ether oxygens (including phenoxy) is 1. The highest BCUT2D eigenvalue weighted by molar-refractivity contribution is 5.92. The summed E-state index contributed by atoms with van der Waals surface area (Å²) >= 11 is 0. The Labute approximate surface area is 130 Å². The molecule has 21 heavy (non-hydrogen) atoms. The molecule has 1 saturated carbocycles. The highest BCUT2D eigenvalue weighted by Gasteiger charge is 2.24. The molecule has 3 N–H and O–H groups in total. The summed E-state index contributed by atoms with van der Waals surface area (Å²) in [6.07, 6.45) is 4.66. The van der Waals surface area contributed by atoms with Gasteiger partial charge in [-0.3, -0.25) is 4.79 Å². The molecular formula is C15H22ClFN2O2. The van der Waals surface area contributed by atoms with Gasteiger partial charge in [0.05, 0.1) is 12.8 Å². The third-order valence-electron chi connectivity index (χ3n) is 3.85. The Bertz CT molecular complexity index is 485. The van der Waals surface area contributed by atoms with E-state index in [1.165, 1.54) is 25.3 Å². The molecule has 0 aromatic heterocycles. The molecule has 0 heterocycles. The van der Waals surface area contributed by atoms with E-state index in [0.29, 0.717) is 17.9 Å². The summed E-state index contributed by atoms with van der Waals surface area (Å²) in [5.41, 5.74) is 6.53. The minimum Gasteiger partial charge on any atom is -0.494 e. The van der Waals surface area contributed by atoms with Gasteiger partial charge >= 0.3 is 0 Å². The predicted octanol–water partition coefficient (Wildman–Crippen LogP) is 3.10. The third kappa shape index (κ3) is 4.86. The molecule has 118 valence electrons. The molecule has 6 heteroatoms. The van der Waals surface area contributed by atoms with E-state index in [9.17, 15) is 9.18 Å². The predicted molar refractivity (Wildman–Crippen MR) is 83.4 cm³/mol. The highest BCUT2D eigenvalue weighted by atomic mass is 35.5. The Morgan fingerprint density at radius 3 is 2.81 bits per heavy atom. The monoisotopic (exact) mass is 316 g/mol. The van der Waals surface area contributed by atoms with Crippen LogP contribution in [0.15, 0.2) is 18.2 Å². The van der Waals surface area contributed by atoms with E-state index in [4.69, 9.17) is 10.5 Å². The zero-order valence-corrected chi connectivity index (χ0v) is 12.9. The van der Waals surface area contributed by atoms with Crippen LogP contribution in [0.25, 0.3) is 0 Å². The van der Waals surface area contributed by atoms with Gasteiger partial charge in [0.25, 0.3) is 0 Å². The smallest absolute Gasteiger partial charge is 0.224 e. The molecule has 2 atom stereocenters. The Balaban J connectivity index is 0.00000220. The van der Waals surface area contributed by atoms with Crippen molar-refractivity contribution in [2.45, 2.75) is 38.1 Å². The van der Waals surface area contributed by atoms with E-state index < -0.39 is 5.82 Å². The Morgan fingerprint density at radius 2 is 2.14 bits per heavy atom. The molecule has 1 aromatic rings. The normalized spacial score (nSPS) is 21.3. The van der Waals surface area contributed by atoms with Crippen molar-refractivity contribution in [1.29, 1.82) is 0 Å². The molecule has 4 nitrogen and oxygen atoms in total. The van der Waals surface area contributed by atoms with Crippen LogP contribution in [-0.4, -0.2) is 19.1 Å². The first-order chi connectivity index (χ1) is 9.60. The van der Waals surface area contributed by atoms with E-state index in [0.717, 1.165) is 25.7 Å². The minimum absolute atomic E-state index is 0.